The topological polar surface area (TPSA) is 18.5 Å². The van der Waals surface area contributed by atoms with Gasteiger partial charge in [-0.3, -0.25) is 0 Å². The molecule has 0 atom stereocenters. The van der Waals surface area contributed by atoms with E-state index in [0.29, 0.717) is 5.04 Å². The average molecular weight is 273 g/mol. The fraction of sp³-hybridized carbons (Fsp3) is 1.00. The molecule has 0 unspecified atom stereocenters. The van der Waals surface area contributed by atoms with Gasteiger partial charge in [0.25, 0.3) is 0 Å². The lowest BCUT2D eigenvalue weighted by Gasteiger charge is -2.38. The molecule has 0 bridgehead atoms. The molecule has 0 aromatic carbocycles. The lowest BCUT2D eigenvalue weighted by Crippen LogP contribution is -2.38. The van der Waals surface area contributed by atoms with E-state index in [9.17, 15) is 0 Å². The largest absolute Gasteiger partial charge is 0.396 e. The SMILES string of the molecule is CCCCO[SiH](OCCCC)C1(C)CCCCC1. The van der Waals surface area contributed by atoms with Crippen LogP contribution in [0.2, 0.25) is 5.04 Å². The van der Waals surface area contributed by atoms with Crippen molar-refractivity contribution in [3.8, 4) is 0 Å². The molecule has 18 heavy (non-hydrogen) atoms. The number of rotatable bonds is 9. The first-order valence-electron chi connectivity index (χ1n) is 7.96. The Bertz CT molecular complexity index is 193. The van der Waals surface area contributed by atoms with Gasteiger partial charge in [-0.1, -0.05) is 52.9 Å². The Morgan fingerprint density at radius 3 is 1.83 bits per heavy atom. The second-order valence-electron chi connectivity index (χ2n) is 6.00. The maximum atomic E-state index is 6.19. The van der Waals surface area contributed by atoms with E-state index in [0.717, 1.165) is 13.2 Å². The van der Waals surface area contributed by atoms with E-state index < -0.39 is 9.28 Å². The van der Waals surface area contributed by atoms with Crippen LogP contribution in [0, 0.1) is 0 Å². The lowest BCUT2D eigenvalue weighted by atomic mass is 9.90. The van der Waals surface area contributed by atoms with E-state index in [1.165, 1.54) is 57.8 Å². The molecule has 1 fully saturated rings. The summed E-state index contributed by atoms with van der Waals surface area (Å²) in [6.45, 7) is 8.69. The van der Waals surface area contributed by atoms with Crippen molar-refractivity contribution in [2.75, 3.05) is 13.2 Å². The number of hydrogen-bond donors (Lipinski definition) is 0. The van der Waals surface area contributed by atoms with Crippen LogP contribution in [-0.2, 0) is 8.85 Å². The van der Waals surface area contributed by atoms with Gasteiger partial charge in [0.05, 0.1) is 0 Å². The van der Waals surface area contributed by atoms with Gasteiger partial charge in [0.15, 0.2) is 0 Å². The first-order valence-corrected chi connectivity index (χ1v) is 9.48. The van der Waals surface area contributed by atoms with Crippen molar-refractivity contribution in [3.63, 3.8) is 0 Å². The van der Waals surface area contributed by atoms with Crippen molar-refractivity contribution in [1.82, 2.24) is 0 Å². The summed E-state index contributed by atoms with van der Waals surface area (Å²) in [6, 6.07) is 0. The van der Waals surface area contributed by atoms with Crippen LogP contribution in [0.1, 0.15) is 78.6 Å². The summed E-state index contributed by atoms with van der Waals surface area (Å²) in [5.74, 6) is 0. The predicted octanol–water partition coefficient (Wildman–Crippen LogP) is 4.56. The molecule has 1 aliphatic carbocycles. The summed E-state index contributed by atoms with van der Waals surface area (Å²) in [7, 11) is -1.49. The highest BCUT2D eigenvalue weighted by molar-refractivity contribution is 6.48. The molecule has 1 rings (SSSR count). The van der Waals surface area contributed by atoms with Gasteiger partial charge in [-0.2, -0.15) is 0 Å². The zero-order valence-corrected chi connectivity index (χ0v) is 13.8. The summed E-state index contributed by atoms with van der Waals surface area (Å²) in [4.78, 5) is 0. The second kappa shape index (κ2) is 9.11. The molecular formula is C15H32O2Si. The van der Waals surface area contributed by atoms with Crippen LogP contribution in [0.3, 0.4) is 0 Å². The van der Waals surface area contributed by atoms with Crippen molar-refractivity contribution < 1.29 is 8.85 Å². The predicted molar refractivity (Wildman–Crippen MR) is 80.3 cm³/mol. The summed E-state index contributed by atoms with van der Waals surface area (Å²) < 4.78 is 12.4. The molecule has 0 spiro atoms. The molecule has 1 saturated carbocycles. The average Bonchev–Trinajstić information content (AvgIpc) is 2.38. The van der Waals surface area contributed by atoms with Crippen LogP contribution in [0.15, 0.2) is 0 Å². The minimum absolute atomic E-state index is 0.389. The van der Waals surface area contributed by atoms with Gasteiger partial charge in [-0.15, -0.1) is 0 Å². The Morgan fingerprint density at radius 2 is 1.39 bits per heavy atom. The minimum atomic E-state index is -1.49. The molecule has 0 aromatic heterocycles. The molecule has 0 radical (unpaired) electrons. The fourth-order valence-corrected chi connectivity index (χ4v) is 5.26. The van der Waals surface area contributed by atoms with Crippen LogP contribution in [0.4, 0.5) is 0 Å². The third kappa shape index (κ3) is 5.41. The van der Waals surface area contributed by atoms with E-state index in [-0.39, 0.29) is 0 Å². The van der Waals surface area contributed by atoms with Crippen LogP contribution in [0.25, 0.3) is 0 Å². The summed E-state index contributed by atoms with van der Waals surface area (Å²) >= 11 is 0. The van der Waals surface area contributed by atoms with Crippen molar-refractivity contribution in [3.05, 3.63) is 0 Å². The molecule has 0 aromatic rings. The summed E-state index contributed by atoms with van der Waals surface area (Å²) in [6.07, 6.45) is 11.6. The highest BCUT2D eigenvalue weighted by Crippen LogP contribution is 2.45. The molecule has 1 aliphatic rings. The zero-order valence-electron chi connectivity index (χ0n) is 12.7. The third-order valence-electron chi connectivity index (χ3n) is 4.10. The smallest absolute Gasteiger partial charge is 0.327 e. The monoisotopic (exact) mass is 272 g/mol. The molecule has 0 heterocycles. The van der Waals surface area contributed by atoms with Gasteiger partial charge in [0, 0.05) is 18.3 Å². The molecule has 0 aliphatic heterocycles. The van der Waals surface area contributed by atoms with Gasteiger partial charge in [-0.05, 0) is 25.7 Å². The highest BCUT2D eigenvalue weighted by Gasteiger charge is 2.39. The Hall–Kier alpha value is 0.137. The van der Waals surface area contributed by atoms with E-state index in [1.807, 2.05) is 0 Å². The molecule has 2 nitrogen and oxygen atoms in total. The number of unbranched alkanes of at least 4 members (excludes halogenated alkanes) is 2. The van der Waals surface area contributed by atoms with Crippen LogP contribution in [-0.4, -0.2) is 22.5 Å². The molecule has 3 heteroatoms. The Morgan fingerprint density at radius 1 is 0.889 bits per heavy atom. The zero-order chi connectivity index (χ0) is 13.3. The van der Waals surface area contributed by atoms with E-state index >= 15 is 0 Å². The Balaban J connectivity index is 2.45. The van der Waals surface area contributed by atoms with E-state index in [1.54, 1.807) is 0 Å². The standard InChI is InChI=1S/C15H32O2Si/c1-4-6-13-16-18(17-14-7-5-2)15(3)11-9-8-10-12-15/h18H,4-14H2,1-3H3. The van der Waals surface area contributed by atoms with Gasteiger partial charge in [0.2, 0.25) is 0 Å². The first kappa shape index (κ1) is 16.2. The fourth-order valence-electron chi connectivity index (χ4n) is 2.72. The molecule has 0 amide bonds. The second-order valence-corrected chi connectivity index (χ2v) is 8.72. The van der Waals surface area contributed by atoms with E-state index in [4.69, 9.17) is 8.85 Å². The molecule has 0 saturated heterocycles. The Labute approximate surface area is 115 Å². The first-order chi connectivity index (χ1) is 8.73. The van der Waals surface area contributed by atoms with Crippen molar-refractivity contribution in [2.24, 2.45) is 0 Å². The van der Waals surface area contributed by atoms with Gasteiger partial charge >= 0.3 is 9.28 Å². The Kier molecular flexibility index (Phi) is 8.19. The van der Waals surface area contributed by atoms with Gasteiger partial charge < -0.3 is 8.85 Å². The maximum absolute atomic E-state index is 6.19. The molecule has 0 N–H and O–H groups in total. The maximum Gasteiger partial charge on any atom is 0.327 e. The summed E-state index contributed by atoms with van der Waals surface area (Å²) in [5.41, 5.74) is 0. The molecule has 108 valence electrons. The third-order valence-corrected chi connectivity index (χ3v) is 6.89. The number of hydrogen-bond acceptors (Lipinski definition) is 2. The van der Waals surface area contributed by atoms with Crippen LogP contribution < -0.4 is 0 Å². The van der Waals surface area contributed by atoms with Crippen molar-refractivity contribution >= 4 is 9.28 Å². The van der Waals surface area contributed by atoms with Gasteiger partial charge in [0.1, 0.15) is 0 Å². The van der Waals surface area contributed by atoms with Gasteiger partial charge in [-0.25, -0.2) is 0 Å². The van der Waals surface area contributed by atoms with Crippen LogP contribution in [0.5, 0.6) is 0 Å². The normalized spacial score (nSPS) is 19.3. The van der Waals surface area contributed by atoms with Crippen molar-refractivity contribution in [2.45, 2.75) is 83.6 Å². The quantitative estimate of drug-likeness (QED) is 0.452. The lowest BCUT2D eigenvalue weighted by molar-refractivity contribution is 0.156. The molecular weight excluding hydrogens is 240 g/mol. The summed E-state index contributed by atoms with van der Waals surface area (Å²) in [5, 5.41) is 0.389. The van der Waals surface area contributed by atoms with E-state index in [2.05, 4.69) is 20.8 Å². The minimum Gasteiger partial charge on any atom is -0.396 e. The highest BCUT2D eigenvalue weighted by atomic mass is 28.3. The van der Waals surface area contributed by atoms with Crippen LogP contribution >= 0.6 is 0 Å². The van der Waals surface area contributed by atoms with Crippen molar-refractivity contribution in [1.29, 1.82) is 0 Å².